The van der Waals surface area contributed by atoms with Gasteiger partial charge in [0.1, 0.15) is 10.7 Å². The van der Waals surface area contributed by atoms with Gasteiger partial charge in [-0.15, -0.1) is 11.3 Å². The Kier molecular flexibility index (Phi) is 4.14. The highest BCUT2D eigenvalue weighted by molar-refractivity contribution is 7.14. The summed E-state index contributed by atoms with van der Waals surface area (Å²) in [7, 11) is 0. The van der Waals surface area contributed by atoms with Crippen LogP contribution in [0.4, 0.5) is 0 Å². The van der Waals surface area contributed by atoms with E-state index < -0.39 is 0 Å². The van der Waals surface area contributed by atoms with E-state index in [2.05, 4.69) is 4.98 Å². The number of hydrogen-bond acceptors (Lipinski definition) is 5. The highest BCUT2D eigenvalue weighted by atomic mass is 32.1. The SMILES string of the molecule is O=C(c1csc(-c2ccsc2)n1)N1CCCC(CO)C1. The average molecular weight is 308 g/mol. The molecule has 0 aliphatic carbocycles. The lowest BCUT2D eigenvalue weighted by Gasteiger charge is -2.31. The zero-order valence-electron chi connectivity index (χ0n) is 11.0. The van der Waals surface area contributed by atoms with Crippen LogP contribution in [0.25, 0.3) is 10.6 Å². The van der Waals surface area contributed by atoms with E-state index in [0.717, 1.165) is 30.0 Å². The molecule has 3 rings (SSSR count). The Labute approximate surface area is 125 Å². The van der Waals surface area contributed by atoms with Crippen molar-refractivity contribution in [3.05, 3.63) is 27.9 Å². The second-order valence-electron chi connectivity index (χ2n) is 4.99. The average Bonchev–Trinajstić information content (AvgIpc) is 3.17. The fourth-order valence-corrected chi connectivity index (χ4v) is 3.96. The quantitative estimate of drug-likeness (QED) is 0.948. The van der Waals surface area contributed by atoms with E-state index in [1.165, 1.54) is 11.3 Å². The molecule has 1 aliphatic rings. The van der Waals surface area contributed by atoms with Crippen molar-refractivity contribution in [2.75, 3.05) is 19.7 Å². The van der Waals surface area contributed by atoms with Gasteiger partial charge in [-0.3, -0.25) is 4.79 Å². The maximum absolute atomic E-state index is 12.4. The monoisotopic (exact) mass is 308 g/mol. The molecular weight excluding hydrogens is 292 g/mol. The number of hydrogen-bond donors (Lipinski definition) is 1. The van der Waals surface area contributed by atoms with Gasteiger partial charge >= 0.3 is 0 Å². The number of thiophene rings is 1. The van der Waals surface area contributed by atoms with Gasteiger partial charge in [0.15, 0.2) is 0 Å². The van der Waals surface area contributed by atoms with Gasteiger partial charge in [0.2, 0.25) is 0 Å². The Hall–Kier alpha value is -1.24. The predicted octanol–water partition coefficient (Wildman–Crippen LogP) is 2.72. The zero-order chi connectivity index (χ0) is 13.9. The molecule has 1 fully saturated rings. The minimum Gasteiger partial charge on any atom is -0.396 e. The first-order valence-electron chi connectivity index (χ1n) is 6.66. The molecule has 3 heterocycles. The fraction of sp³-hybridized carbons (Fsp3) is 0.429. The van der Waals surface area contributed by atoms with Crippen LogP contribution < -0.4 is 0 Å². The van der Waals surface area contributed by atoms with Crippen molar-refractivity contribution in [2.45, 2.75) is 12.8 Å². The summed E-state index contributed by atoms with van der Waals surface area (Å²) < 4.78 is 0. The number of likely N-dealkylation sites (tertiary alicyclic amines) is 1. The van der Waals surface area contributed by atoms with E-state index in [1.807, 2.05) is 27.1 Å². The second-order valence-corrected chi connectivity index (χ2v) is 6.63. The first kappa shape index (κ1) is 13.7. The maximum atomic E-state index is 12.4. The van der Waals surface area contributed by atoms with E-state index in [-0.39, 0.29) is 18.4 Å². The molecule has 1 aliphatic heterocycles. The van der Waals surface area contributed by atoms with Crippen LogP contribution in [0.15, 0.2) is 22.2 Å². The third kappa shape index (κ3) is 2.77. The lowest BCUT2D eigenvalue weighted by molar-refractivity contribution is 0.0616. The first-order chi connectivity index (χ1) is 9.78. The highest BCUT2D eigenvalue weighted by Crippen LogP contribution is 2.27. The van der Waals surface area contributed by atoms with Gasteiger partial charge in [-0.05, 0) is 30.2 Å². The molecule has 1 saturated heterocycles. The molecule has 20 heavy (non-hydrogen) atoms. The first-order valence-corrected chi connectivity index (χ1v) is 8.48. The van der Waals surface area contributed by atoms with Crippen molar-refractivity contribution in [1.29, 1.82) is 0 Å². The van der Waals surface area contributed by atoms with Crippen LogP contribution in [0.5, 0.6) is 0 Å². The van der Waals surface area contributed by atoms with Crippen molar-refractivity contribution in [3.63, 3.8) is 0 Å². The summed E-state index contributed by atoms with van der Waals surface area (Å²) in [4.78, 5) is 18.7. The Morgan fingerprint density at radius 2 is 2.40 bits per heavy atom. The van der Waals surface area contributed by atoms with Gasteiger partial charge in [-0.25, -0.2) is 4.98 Å². The maximum Gasteiger partial charge on any atom is 0.273 e. The molecule has 1 unspecified atom stereocenters. The van der Waals surface area contributed by atoms with Crippen LogP contribution in [0.3, 0.4) is 0 Å². The minimum absolute atomic E-state index is 0.0131. The molecule has 0 aromatic carbocycles. The van der Waals surface area contributed by atoms with Crippen molar-refractivity contribution >= 4 is 28.6 Å². The van der Waals surface area contributed by atoms with E-state index >= 15 is 0 Å². The lowest BCUT2D eigenvalue weighted by Crippen LogP contribution is -2.41. The number of rotatable bonds is 3. The summed E-state index contributed by atoms with van der Waals surface area (Å²) in [5.41, 5.74) is 1.60. The van der Waals surface area contributed by atoms with Gasteiger partial charge in [-0.2, -0.15) is 11.3 Å². The summed E-state index contributed by atoms with van der Waals surface area (Å²) in [6.07, 6.45) is 1.95. The van der Waals surface area contributed by atoms with Crippen molar-refractivity contribution < 1.29 is 9.90 Å². The number of piperidine rings is 1. The molecule has 1 atom stereocenters. The summed E-state index contributed by atoms with van der Waals surface area (Å²) in [5.74, 6) is 0.198. The Balaban J connectivity index is 1.74. The molecule has 6 heteroatoms. The third-order valence-electron chi connectivity index (χ3n) is 3.56. The number of nitrogens with zero attached hydrogens (tertiary/aromatic N) is 2. The van der Waals surface area contributed by atoms with Crippen molar-refractivity contribution in [1.82, 2.24) is 9.88 Å². The molecule has 1 N–H and O–H groups in total. The second kappa shape index (κ2) is 6.03. The molecule has 2 aromatic heterocycles. The number of carbonyl (C=O) groups excluding carboxylic acids is 1. The smallest absolute Gasteiger partial charge is 0.273 e. The van der Waals surface area contributed by atoms with E-state index in [4.69, 9.17) is 0 Å². The molecule has 106 valence electrons. The van der Waals surface area contributed by atoms with Gasteiger partial charge in [0.05, 0.1) is 0 Å². The van der Waals surface area contributed by atoms with Crippen LogP contribution in [0.2, 0.25) is 0 Å². The predicted molar refractivity (Wildman–Crippen MR) is 81.1 cm³/mol. The molecule has 4 nitrogen and oxygen atoms in total. The standard InChI is InChI=1S/C14H16N2O2S2/c17-7-10-2-1-4-16(6-10)14(18)12-9-20-13(15-12)11-3-5-19-8-11/h3,5,8-10,17H,1-2,4,6-7H2. The molecule has 0 bridgehead atoms. The Bertz CT molecular complexity index is 580. The van der Waals surface area contributed by atoms with Gasteiger partial charge in [-0.1, -0.05) is 0 Å². The topological polar surface area (TPSA) is 53.4 Å². The molecular formula is C14H16N2O2S2. The highest BCUT2D eigenvalue weighted by Gasteiger charge is 2.25. The summed E-state index contributed by atoms with van der Waals surface area (Å²) >= 11 is 3.13. The number of amides is 1. The summed E-state index contributed by atoms with van der Waals surface area (Å²) in [5, 5.41) is 16.0. The summed E-state index contributed by atoms with van der Waals surface area (Å²) in [6.45, 7) is 1.56. The lowest BCUT2D eigenvalue weighted by atomic mass is 9.99. The normalized spacial score (nSPS) is 19.2. The van der Waals surface area contributed by atoms with Crippen LogP contribution in [0.1, 0.15) is 23.3 Å². The van der Waals surface area contributed by atoms with Crippen molar-refractivity contribution in [3.8, 4) is 10.6 Å². The summed E-state index contributed by atoms with van der Waals surface area (Å²) in [6, 6.07) is 2.01. The van der Waals surface area contributed by atoms with E-state index in [9.17, 15) is 9.90 Å². The molecule has 0 spiro atoms. The largest absolute Gasteiger partial charge is 0.396 e. The Morgan fingerprint density at radius 3 is 3.15 bits per heavy atom. The molecule has 2 aromatic rings. The zero-order valence-corrected chi connectivity index (χ0v) is 12.6. The third-order valence-corrected chi connectivity index (χ3v) is 5.13. The van der Waals surface area contributed by atoms with Gasteiger partial charge < -0.3 is 10.0 Å². The van der Waals surface area contributed by atoms with Crippen LogP contribution in [-0.2, 0) is 0 Å². The number of thiazole rings is 1. The van der Waals surface area contributed by atoms with Gasteiger partial charge in [0, 0.05) is 36.0 Å². The van der Waals surface area contributed by atoms with E-state index in [1.54, 1.807) is 11.3 Å². The number of aliphatic hydroxyl groups is 1. The fourth-order valence-electron chi connectivity index (χ4n) is 2.45. The van der Waals surface area contributed by atoms with Gasteiger partial charge in [0.25, 0.3) is 5.91 Å². The van der Waals surface area contributed by atoms with Crippen LogP contribution >= 0.6 is 22.7 Å². The molecule has 0 saturated carbocycles. The number of aliphatic hydroxyl groups excluding tert-OH is 1. The van der Waals surface area contributed by atoms with Crippen LogP contribution in [0, 0.1) is 5.92 Å². The van der Waals surface area contributed by atoms with Crippen molar-refractivity contribution in [2.24, 2.45) is 5.92 Å². The molecule has 0 radical (unpaired) electrons. The number of carbonyl (C=O) groups is 1. The van der Waals surface area contributed by atoms with Crippen LogP contribution in [-0.4, -0.2) is 40.6 Å². The molecule has 1 amide bonds. The number of aromatic nitrogens is 1. The minimum atomic E-state index is -0.0131. The Morgan fingerprint density at radius 1 is 1.50 bits per heavy atom. The van der Waals surface area contributed by atoms with E-state index in [0.29, 0.717) is 12.2 Å².